The van der Waals surface area contributed by atoms with Crippen LogP contribution in [0.3, 0.4) is 0 Å². The molecule has 1 fully saturated rings. The van der Waals surface area contributed by atoms with Crippen LogP contribution in [0, 0.1) is 0 Å². The van der Waals surface area contributed by atoms with Gasteiger partial charge in [-0.2, -0.15) is 0 Å². The number of carboxylic acid groups (broad SMARTS) is 1. The molecule has 4 heteroatoms. The lowest BCUT2D eigenvalue weighted by Gasteiger charge is -2.34. The molecule has 0 aliphatic carbocycles. The molecule has 1 aromatic rings. The molecular weight excluding hydrogens is 254 g/mol. The maximum Gasteiger partial charge on any atom is 0.328 e. The van der Waals surface area contributed by atoms with Crippen LogP contribution in [0.5, 0.6) is 0 Å². The second kappa shape index (κ2) is 7.22. The fourth-order valence-electron chi connectivity index (χ4n) is 2.67. The Morgan fingerprint density at radius 3 is 3.00 bits per heavy atom. The van der Waals surface area contributed by atoms with Gasteiger partial charge in [0.1, 0.15) is 0 Å². The van der Waals surface area contributed by atoms with E-state index in [1.807, 2.05) is 24.3 Å². The monoisotopic (exact) mass is 275 g/mol. The highest BCUT2D eigenvalue weighted by molar-refractivity contribution is 5.85. The number of aliphatic hydroxyl groups excluding tert-OH is 1. The zero-order valence-electron chi connectivity index (χ0n) is 11.5. The first kappa shape index (κ1) is 14.8. The van der Waals surface area contributed by atoms with Crippen LogP contribution in [0.1, 0.15) is 30.4 Å². The smallest absolute Gasteiger partial charge is 0.328 e. The molecule has 0 amide bonds. The van der Waals surface area contributed by atoms with Crippen LogP contribution in [0.25, 0.3) is 6.08 Å². The highest BCUT2D eigenvalue weighted by atomic mass is 16.4. The molecule has 2 N–H and O–H groups in total. The van der Waals surface area contributed by atoms with Crippen molar-refractivity contribution in [1.29, 1.82) is 0 Å². The predicted molar refractivity (Wildman–Crippen MR) is 78.2 cm³/mol. The first-order valence-electron chi connectivity index (χ1n) is 7.04. The minimum absolute atomic E-state index is 0.207. The van der Waals surface area contributed by atoms with Gasteiger partial charge >= 0.3 is 5.97 Å². The van der Waals surface area contributed by atoms with Crippen molar-refractivity contribution in [3.05, 3.63) is 41.5 Å². The molecule has 1 heterocycles. The third kappa shape index (κ3) is 4.18. The maximum atomic E-state index is 10.5. The largest absolute Gasteiger partial charge is 0.478 e. The van der Waals surface area contributed by atoms with Gasteiger partial charge in [0.05, 0.1) is 6.61 Å². The van der Waals surface area contributed by atoms with Crippen LogP contribution in [-0.2, 0) is 11.3 Å². The fraction of sp³-hybridized carbons (Fsp3) is 0.438. The molecule has 1 saturated heterocycles. The van der Waals surface area contributed by atoms with Crippen LogP contribution in [0.4, 0.5) is 0 Å². The quantitative estimate of drug-likeness (QED) is 0.808. The zero-order valence-corrected chi connectivity index (χ0v) is 11.5. The number of benzene rings is 1. The van der Waals surface area contributed by atoms with E-state index in [9.17, 15) is 9.90 Å². The highest BCUT2D eigenvalue weighted by Gasteiger charge is 2.21. The summed E-state index contributed by atoms with van der Waals surface area (Å²) in [6.45, 7) is 2.03. The maximum absolute atomic E-state index is 10.5. The molecule has 4 nitrogen and oxygen atoms in total. The van der Waals surface area contributed by atoms with E-state index in [2.05, 4.69) is 4.90 Å². The Balaban J connectivity index is 2.05. The summed E-state index contributed by atoms with van der Waals surface area (Å²) in [7, 11) is 0. The third-order valence-electron chi connectivity index (χ3n) is 3.71. The molecule has 0 saturated carbocycles. The molecule has 1 unspecified atom stereocenters. The lowest BCUT2D eigenvalue weighted by molar-refractivity contribution is -0.131. The SMILES string of the molecule is O=C(O)C=Cc1cccc(CN2CCCCC2CO)c1. The standard InChI is InChI=1S/C16H21NO3/c18-12-15-6-1-2-9-17(15)11-14-5-3-4-13(10-14)7-8-16(19)20/h3-5,7-8,10,15,18H,1-2,6,9,11-12H2,(H,19,20). The summed E-state index contributed by atoms with van der Waals surface area (Å²) in [5.41, 5.74) is 2.04. The van der Waals surface area contributed by atoms with Crippen molar-refractivity contribution in [3.8, 4) is 0 Å². The molecule has 108 valence electrons. The molecule has 20 heavy (non-hydrogen) atoms. The van der Waals surface area contributed by atoms with E-state index in [0.717, 1.165) is 36.7 Å². The molecule has 2 rings (SSSR count). The predicted octanol–water partition coefficient (Wildman–Crippen LogP) is 2.13. The summed E-state index contributed by atoms with van der Waals surface area (Å²) >= 11 is 0. The third-order valence-corrected chi connectivity index (χ3v) is 3.71. The van der Waals surface area contributed by atoms with Crippen molar-refractivity contribution >= 4 is 12.0 Å². The number of nitrogens with zero attached hydrogens (tertiary/aromatic N) is 1. The van der Waals surface area contributed by atoms with Crippen LogP contribution in [0.2, 0.25) is 0 Å². The van der Waals surface area contributed by atoms with E-state index >= 15 is 0 Å². The van der Waals surface area contributed by atoms with E-state index in [0.29, 0.717) is 0 Å². The summed E-state index contributed by atoms with van der Waals surface area (Å²) in [6, 6.07) is 8.13. The number of hydrogen-bond acceptors (Lipinski definition) is 3. The van der Waals surface area contributed by atoms with Gasteiger partial charge in [0.2, 0.25) is 0 Å². The number of likely N-dealkylation sites (tertiary alicyclic amines) is 1. The van der Waals surface area contributed by atoms with Crippen molar-refractivity contribution in [2.24, 2.45) is 0 Å². The lowest BCUT2D eigenvalue weighted by Crippen LogP contribution is -2.41. The van der Waals surface area contributed by atoms with E-state index < -0.39 is 5.97 Å². The Labute approximate surface area is 119 Å². The summed E-state index contributed by atoms with van der Waals surface area (Å²) < 4.78 is 0. The van der Waals surface area contributed by atoms with E-state index in [-0.39, 0.29) is 12.6 Å². The van der Waals surface area contributed by atoms with Gasteiger partial charge in [-0.15, -0.1) is 0 Å². The van der Waals surface area contributed by atoms with Crippen molar-refractivity contribution in [1.82, 2.24) is 4.90 Å². The van der Waals surface area contributed by atoms with Crippen molar-refractivity contribution in [2.75, 3.05) is 13.2 Å². The first-order chi connectivity index (χ1) is 9.69. The summed E-state index contributed by atoms with van der Waals surface area (Å²) in [4.78, 5) is 12.8. The van der Waals surface area contributed by atoms with Crippen LogP contribution in [0.15, 0.2) is 30.3 Å². The highest BCUT2D eigenvalue weighted by Crippen LogP contribution is 2.20. The number of piperidine rings is 1. The Morgan fingerprint density at radius 2 is 2.25 bits per heavy atom. The molecule has 0 aromatic heterocycles. The molecule has 1 atom stereocenters. The molecular formula is C16H21NO3. The Hall–Kier alpha value is -1.65. The fourth-order valence-corrected chi connectivity index (χ4v) is 2.67. The van der Waals surface area contributed by atoms with Gasteiger partial charge in [-0.05, 0) is 36.6 Å². The van der Waals surface area contributed by atoms with Crippen molar-refractivity contribution in [2.45, 2.75) is 31.8 Å². The molecule has 1 aliphatic heterocycles. The van der Waals surface area contributed by atoms with Crippen LogP contribution in [-0.4, -0.2) is 40.3 Å². The molecule has 0 spiro atoms. The van der Waals surface area contributed by atoms with E-state index in [1.54, 1.807) is 6.08 Å². The molecule has 1 aliphatic rings. The van der Waals surface area contributed by atoms with E-state index in [1.165, 1.54) is 12.8 Å². The van der Waals surface area contributed by atoms with Crippen LogP contribution < -0.4 is 0 Å². The minimum atomic E-state index is -0.938. The van der Waals surface area contributed by atoms with Gasteiger partial charge in [-0.3, -0.25) is 4.90 Å². The number of rotatable bonds is 5. The first-order valence-corrected chi connectivity index (χ1v) is 7.04. The number of carboxylic acids is 1. The molecule has 0 bridgehead atoms. The normalized spacial score (nSPS) is 20.4. The van der Waals surface area contributed by atoms with E-state index in [4.69, 9.17) is 5.11 Å². The van der Waals surface area contributed by atoms with Crippen molar-refractivity contribution < 1.29 is 15.0 Å². The van der Waals surface area contributed by atoms with Crippen molar-refractivity contribution in [3.63, 3.8) is 0 Å². The number of carbonyl (C=O) groups is 1. The second-order valence-corrected chi connectivity index (χ2v) is 5.22. The Kier molecular flexibility index (Phi) is 5.32. The second-order valence-electron chi connectivity index (χ2n) is 5.22. The zero-order chi connectivity index (χ0) is 14.4. The van der Waals surface area contributed by atoms with Gasteiger partial charge in [0, 0.05) is 18.7 Å². The average molecular weight is 275 g/mol. The van der Waals surface area contributed by atoms with Crippen LogP contribution >= 0.6 is 0 Å². The summed E-state index contributed by atoms with van der Waals surface area (Å²) in [5, 5.41) is 18.1. The topological polar surface area (TPSA) is 60.8 Å². The summed E-state index contributed by atoms with van der Waals surface area (Å²) in [5.74, 6) is -0.938. The average Bonchev–Trinajstić information content (AvgIpc) is 2.46. The number of aliphatic carboxylic acids is 1. The van der Waals surface area contributed by atoms with Gasteiger partial charge in [-0.25, -0.2) is 4.79 Å². The van der Waals surface area contributed by atoms with Gasteiger partial charge in [0.15, 0.2) is 0 Å². The Morgan fingerprint density at radius 1 is 1.40 bits per heavy atom. The number of aliphatic hydroxyl groups is 1. The molecule has 1 aromatic carbocycles. The van der Waals surface area contributed by atoms with Gasteiger partial charge in [-0.1, -0.05) is 30.7 Å². The summed E-state index contributed by atoms with van der Waals surface area (Å²) in [6.07, 6.45) is 6.16. The molecule has 0 radical (unpaired) electrons. The lowest BCUT2D eigenvalue weighted by atomic mass is 10.0. The number of hydrogen-bond donors (Lipinski definition) is 2. The van der Waals surface area contributed by atoms with Gasteiger partial charge in [0.25, 0.3) is 0 Å². The minimum Gasteiger partial charge on any atom is -0.478 e. The Bertz CT molecular complexity index is 484. The van der Waals surface area contributed by atoms with Gasteiger partial charge < -0.3 is 10.2 Å².